The topological polar surface area (TPSA) is 44.9 Å². The maximum absolute atomic E-state index is 12.1. The number of anilines is 1. The van der Waals surface area contributed by atoms with Crippen LogP contribution in [0.1, 0.15) is 38.7 Å². The van der Waals surface area contributed by atoms with Gasteiger partial charge in [0.05, 0.1) is 20.3 Å². The fourth-order valence-corrected chi connectivity index (χ4v) is 4.51. The van der Waals surface area contributed by atoms with Crippen molar-refractivity contribution in [3.63, 3.8) is 0 Å². The zero-order valence-corrected chi connectivity index (χ0v) is 16.9. The lowest BCUT2D eigenvalue weighted by Crippen LogP contribution is -2.50. The molecule has 0 radical (unpaired) electrons. The van der Waals surface area contributed by atoms with E-state index in [4.69, 9.17) is 9.47 Å². The summed E-state index contributed by atoms with van der Waals surface area (Å²) < 4.78 is 13.3. The van der Waals surface area contributed by atoms with Gasteiger partial charge in [-0.05, 0) is 75.2 Å². The lowest BCUT2D eigenvalue weighted by atomic mass is 9.94. The number of ether oxygens (including phenoxy) is 2. The molecule has 1 N–H and O–H groups in total. The van der Waals surface area contributed by atoms with E-state index in [0.717, 1.165) is 48.6 Å². The number of methoxy groups -OCH3 is 1. The van der Waals surface area contributed by atoms with Crippen molar-refractivity contribution in [1.82, 2.24) is 0 Å². The molecule has 2 aromatic carbocycles. The predicted molar refractivity (Wildman–Crippen MR) is 110 cm³/mol. The van der Waals surface area contributed by atoms with Gasteiger partial charge >= 0.3 is 0 Å². The molecule has 2 aliphatic heterocycles. The molecule has 0 fully saturated rings. The van der Waals surface area contributed by atoms with Crippen molar-refractivity contribution < 1.29 is 19.2 Å². The Kier molecular flexibility index (Phi) is 5.02. The van der Waals surface area contributed by atoms with E-state index in [0.29, 0.717) is 6.61 Å². The third-order valence-electron chi connectivity index (χ3n) is 5.95. The average molecular weight is 381 g/mol. The number of benzene rings is 2. The van der Waals surface area contributed by atoms with Crippen LogP contribution in [-0.4, -0.2) is 41.8 Å². The molecule has 28 heavy (non-hydrogen) atoms. The number of rotatable bonds is 5. The minimum Gasteiger partial charge on any atom is -0.497 e. The molecule has 5 heteroatoms. The van der Waals surface area contributed by atoms with Gasteiger partial charge in [-0.15, -0.1) is 0 Å². The molecule has 5 nitrogen and oxygen atoms in total. The van der Waals surface area contributed by atoms with Crippen LogP contribution in [0.4, 0.5) is 5.69 Å². The Bertz CT molecular complexity index is 860. The fraction of sp³-hybridized carbons (Fsp3) is 0.435. The van der Waals surface area contributed by atoms with Gasteiger partial charge in [-0.3, -0.25) is 4.58 Å². The molecular formula is C23H29N2O3+. The Balaban J connectivity index is 1.80. The van der Waals surface area contributed by atoms with E-state index in [1.807, 2.05) is 55.5 Å². The molecule has 0 saturated heterocycles. The quantitative estimate of drug-likeness (QED) is 0.802. The summed E-state index contributed by atoms with van der Waals surface area (Å²) in [6.45, 7) is 5.69. The summed E-state index contributed by atoms with van der Waals surface area (Å²) in [6.07, 6.45) is 3.27. The second kappa shape index (κ2) is 7.47. The highest BCUT2D eigenvalue weighted by Gasteiger charge is 2.59. The maximum atomic E-state index is 12.1. The normalized spacial score (nSPS) is 24.3. The van der Waals surface area contributed by atoms with Crippen LogP contribution in [-0.2, 0) is 5.72 Å². The van der Waals surface area contributed by atoms with E-state index in [1.165, 1.54) is 5.84 Å². The monoisotopic (exact) mass is 381 g/mol. The standard InChI is InChI=1S/C23H29N2O3/c1-4-28-21-12-8-18(9-13-21)23(26)17(2)24-16-6-5-7-22(24)25(23)19-10-14-20(27-3)15-11-19/h8-15,17,26H,4-7,16H2,1-3H3/q+1. The SMILES string of the molecule is CCOc1ccc(C2(O)C(C)[N+]3=C(CCCC3)N2c2ccc(OC)cc2)cc1. The van der Waals surface area contributed by atoms with Crippen molar-refractivity contribution in [2.45, 2.75) is 44.9 Å². The summed E-state index contributed by atoms with van der Waals surface area (Å²) in [4.78, 5) is 2.12. The van der Waals surface area contributed by atoms with Crippen LogP contribution in [0.3, 0.4) is 0 Å². The van der Waals surface area contributed by atoms with E-state index < -0.39 is 5.72 Å². The van der Waals surface area contributed by atoms with Gasteiger partial charge in [-0.25, -0.2) is 0 Å². The van der Waals surface area contributed by atoms with E-state index in [-0.39, 0.29) is 6.04 Å². The van der Waals surface area contributed by atoms with Crippen LogP contribution >= 0.6 is 0 Å². The number of hydrogen-bond donors (Lipinski definition) is 1. The smallest absolute Gasteiger partial charge is 0.278 e. The van der Waals surface area contributed by atoms with Gasteiger partial charge in [0, 0.05) is 12.0 Å². The van der Waals surface area contributed by atoms with Gasteiger partial charge in [-0.1, -0.05) is 0 Å². The summed E-state index contributed by atoms with van der Waals surface area (Å²) in [7, 11) is 1.67. The van der Waals surface area contributed by atoms with Crippen molar-refractivity contribution in [3.05, 3.63) is 54.1 Å². The highest BCUT2D eigenvalue weighted by molar-refractivity contribution is 5.97. The van der Waals surface area contributed by atoms with E-state index >= 15 is 0 Å². The maximum Gasteiger partial charge on any atom is 0.278 e. The Morgan fingerprint density at radius 2 is 1.75 bits per heavy atom. The molecule has 2 heterocycles. The first-order chi connectivity index (χ1) is 13.6. The molecule has 2 atom stereocenters. The van der Waals surface area contributed by atoms with Crippen molar-refractivity contribution in [2.75, 3.05) is 25.2 Å². The van der Waals surface area contributed by atoms with Crippen LogP contribution < -0.4 is 14.4 Å². The van der Waals surface area contributed by atoms with E-state index in [9.17, 15) is 5.11 Å². The highest BCUT2D eigenvalue weighted by atomic mass is 16.5. The summed E-state index contributed by atoms with van der Waals surface area (Å²) in [5.74, 6) is 2.83. The minimum atomic E-state index is -1.14. The van der Waals surface area contributed by atoms with Gasteiger partial charge in [0.2, 0.25) is 0 Å². The molecule has 0 saturated carbocycles. The van der Waals surface area contributed by atoms with Crippen LogP contribution in [0.5, 0.6) is 11.5 Å². The van der Waals surface area contributed by atoms with Gasteiger partial charge in [0.25, 0.3) is 11.6 Å². The fourth-order valence-electron chi connectivity index (χ4n) is 4.51. The molecule has 2 aromatic rings. The van der Waals surface area contributed by atoms with Gasteiger partial charge in [0.1, 0.15) is 17.2 Å². The first-order valence-corrected chi connectivity index (χ1v) is 10.1. The summed E-state index contributed by atoms with van der Waals surface area (Å²) in [6, 6.07) is 15.7. The molecule has 0 aliphatic carbocycles. The molecule has 2 aliphatic rings. The predicted octanol–water partition coefficient (Wildman–Crippen LogP) is 3.74. The summed E-state index contributed by atoms with van der Waals surface area (Å²) in [5.41, 5.74) is 0.712. The minimum absolute atomic E-state index is 0.0529. The third-order valence-corrected chi connectivity index (χ3v) is 5.95. The number of hydrogen-bond acceptors (Lipinski definition) is 4. The van der Waals surface area contributed by atoms with E-state index in [1.54, 1.807) is 7.11 Å². The Labute approximate surface area is 166 Å². The second-order valence-electron chi connectivity index (χ2n) is 7.46. The number of amidine groups is 1. The zero-order valence-electron chi connectivity index (χ0n) is 16.9. The Morgan fingerprint density at radius 1 is 1.07 bits per heavy atom. The Hall–Kier alpha value is -2.53. The molecule has 0 aromatic heterocycles. The lowest BCUT2D eigenvalue weighted by Gasteiger charge is -2.31. The summed E-state index contributed by atoms with van der Waals surface area (Å²) >= 11 is 0. The van der Waals surface area contributed by atoms with Crippen LogP contribution in [0.15, 0.2) is 48.5 Å². The molecule has 148 valence electrons. The third kappa shape index (κ3) is 2.94. The zero-order chi connectivity index (χ0) is 19.7. The molecule has 0 bridgehead atoms. The number of nitrogens with zero attached hydrogens (tertiary/aromatic N) is 2. The van der Waals surface area contributed by atoms with Crippen LogP contribution in [0.25, 0.3) is 0 Å². The second-order valence-corrected chi connectivity index (χ2v) is 7.46. The lowest BCUT2D eigenvalue weighted by molar-refractivity contribution is -0.574. The van der Waals surface area contributed by atoms with Crippen molar-refractivity contribution in [2.24, 2.45) is 0 Å². The van der Waals surface area contributed by atoms with Gasteiger partial charge in [0.15, 0.2) is 6.04 Å². The largest absolute Gasteiger partial charge is 0.497 e. The molecule has 0 spiro atoms. The van der Waals surface area contributed by atoms with Crippen LogP contribution in [0, 0.1) is 0 Å². The molecule has 0 amide bonds. The van der Waals surface area contributed by atoms with Crippen molar-refractivity contribution >= 4 is 11.5 Å². The van der Waals surface area contributed by atoms with Gasteiger partial charge in [-0.2, -0.15) is 4.90 Å². The summed E-state index contributed by atoms with van der Waals surface area (Å²) in [5, 5.41) is 12.1. The van der Waals surface area contributed by atoms with Gasteiger partial charge < -0.3 is 14.6 Å². The van der Waals surface area contributed by atoms with E-state index in [2.05, 4.69) is 16.4 Å². The molecule has 4 rings (SSSR count). The molecular weight excluding hydrogens is 352 g/mol. The molecule has 2 unspecified atom stereocenters. The first-order valence-electron chi connectivity index (χ1n) is 10.1. The van der Waals surface area contributed by atoms with Crippen molar-refractivity contribution in [1.29, 1.82) is 0 Å². The first kappa shape index (κ1) is 18.8. The highest BCUT2D eigenvalue weighted by Crippen LogP contribution is 2.42. The average Bonchev–Trinajstić information content (AvgIpc) is 2.97. The van der Waals surface area contributed by atoms with Crippen molar-refractivity contribution in [3.8, 4) is 11.5 Å². The number of aliphatic hydroxyl groups is 1. The van der Waals surface area contributed by atoms with Crippen LogP contribution in [0.2, 0.25) is 0 Å². The Morgan fingerprint density at radius 3 is 2.39 bits per heavy atom.